The van der Waals surface area contributed by atoms with Gasteiger partial charge in [0, 0.05) is 29.7 Å². The van der Waals surface area contributed by atoms with Crippen molar-refractivity contribution in [2.24, 2.45) is 0 Å². The van der Waals surface area contributed by atoms with Gasteiger partial charge in [-0.25, -0.2) is 14.4 Å². The summed E-state index contributed by atoms with van der Waals surface area (Å²) in [5.41, 5.74) is 4.46. The number of rotatable bonds is 5. The standard InChI is InChI=1S/C25H21FN4O/c1-16-3-5-20(6-4-16)24-28-15-22(23(30-24)19-11-13-27-14-12-19)25(31)29-17(2)18-7-9-21(26)10-8-18/h3-15,17H,1-2H3,(H,29,31)/t17-/m0/s1. The van der Waals surface area contributed by atoms with Crippen LogP contribution in [0.25, 0.3) is 22.6 Å². The van der Waals surface area contributed by atoms with E-state index in [1.165, 1.54) is 12.1 Å². The summed E-state index contributed by atoms with van der Waals surface area (Å²) in [4.78, 5) is 26.3. The minimum absolute atomic E-state index is 0.306. The van der Waals surface area contributed by atoms with E-state index in [1.54, 1.807) is 42.9 Å². The average molecular weight is 412 g/mol. The summed E-state index contributed by atoms with van der Waals surface area (Å²) in [5, 5.41) is 2.95. The molecule has 0 aliphatic heterocycles. The van der Waals surface area contributed by atoms with Gasteiger partial charge in [-0.3, -0.25) is 9.78 Å². The summed E-state index contributed by atoms with van der Waals surface area (Å²) in [5.74, 6) is -0.0867. The second kappa shape index (κ2) is 8.83. The highest BCUT2D eigenvalue weighted by molar-refractivity contribution is 6.00. The van der Waals surface area contributed by atoms with Crippen molar-refractivity contribution >= 4 is 5.91 Å². The Bertz CT molecular complexity index is 1190. The maximum atomic E-state index is 13.2. The molecule has 5 nitrogen and oxygen atoms in total. The number of nitrogens with one attached hydrogen (secondary N) is 1. The van der Waals surface area contributed by atoms with Crippen LogP contribution in [0.1, 0.15) is 34.5 Å². The first kappa shape index (κ1) is 20.3. The lowest BCUT2D eigenvalue weighted by molar-refractivity contribution is 0.0940. The maximum absolute atomic E-state index is 13.2. The first-order valence-electron chi connectivity index (χ1n) is 9.92. The van der Waals surface area contributed by atoms with Crippen molar-refractivity contribution in [3.8, 4) is 22.6 Å². The lowest BCUT2D eigenvalue weighted by atomic mass is 10.0. The molecule has 0 saturated carbocycles. The van der Waals surface area contributed by atoms with E-state index in [-0.39, 0.29) is 17.8 Å². The molecule has 1 atom stereocenters. The van der Waals surface area contributed by atoms with Crippen LogP contribution in [0.5, 0.6) is 0 Å². The molecule has 2 heterocycles. The maximum Gasteiger partial charge on any atom is 0.255 e. The van der Waals surface area contributed by atoms with Crippen LogP contribution in [0.4, 0.5) is 4.39 Å². The molecule has 2 aromatic carbocycles. The fourth-order valence-electron chi connectivity index (χ4n) is 3.23. The van der Waals surface area contributed by atoms with Crippen molar-refractivity contribution in [2.45, 2.75) is 19.9 Å². The van der Waals surface area contributed by atoms with E-state index >= 15 is 0 Å². The van der Waals surface area contributed by atoms with Gasteiger partial charge in [0.25, 0.3) is 5.91 Å². The van der Waals surface area contributed by atoms with E-state index < -0.39 is 0 Å². The van der Waals surface area contributed by atoms with Gasteiger partial charge in [0.2, 0.25) is 0 Å². The molecule has 1 N–H and O–H groups in total. The highest BCUT2D eigenvalue weighted by Gasteiger charge is 2.19. The van der Waals surface area contributed by atoms with Crippen molar-refractivity contribution in [1.82, 2.24) is 20.3 Å². The van der Waals surface area contributed by atoms with Crippen molar-refractivity contribution in [2.75, 3.05) is 0 Å². The number of hydrogen-bond donors (Lipinski definition) is 1. The van der Waals surface area contributed by atoms with E-state index in [9.17, 15) is 9.18 Å². The average Bonchev–Trinajstić information content (AvgIpc) is 2.80. The van der Waals surface area contributed by atoms with E-state index in [0.717, 1.165) is 22.3 Å². The molecule has 0 saturated heterocycles. The van der Waals surface area contributed by atoms with Gasteiger partial charge < -0.3 is 5.32 Å². The molecule has 31 heavy (non-hydrogen) atoms. The smallest absolute Gasteiger partial charge is 0.255 e. The number of amides is 1. The minimum atomic E-state index is -0.317. The van der Waals surface area contributed by atoms with Crippen molar-refractivity contribution in [3.05, 3.63) is 102 Å². The third kappa shape index (κ3) is 4.64. The Kier molecular flexibility index (Phi) is 5.80. The Morgan fingerprint density at radius 2 is 1.61 bits per heavy atom. The zero-order valence-electron chi connectivity index (χ0n) is 17.2. The number of carbonyl (C=O) groups is 1. The van der Waals surface area contributed by atoms with Gasteiger partial charge in [0.1, 0.15) is 5.82 Å². The molecule has 0 unspecified atom stereocenters. The quantitative estimate of drug-likeness (QED) is 0.493. The van der Waals surface area contributed by atoms with E-state index in [1.807, 2.05) is 38.1 Å². The second-order valence-electron chi connectivity index (χ2n) is 7.30. The minimum Gasteiger partial charge on any atom is -0.345 e. The largest absolute Gasteiger partial charge is 0.345 e. The van der Waals surface area contributed by atoms with Gasteiger partial charge >= 0.3 is 0 Å². The van der Waals surface area contributed by atoms with Crippen LogP contribution in [-0.4, -0.2) is 20.9 Å². The third-order valence-corrected chi connectivity index (χ3v) is 5.01. The summed E-state index contributed by atoms with van der Waals surface area (Å²) in [7, 11) is 0. The number of carbonyl (C=O) groups excluding carboxylic acids is 1. The molecule has 6 heteroatoms. The molecule has 0 spiro atoms. The second-order valence-corrected chi connectivity index (χ2v) is 7.30. The Labute approximate surface area is 180 Å². The number of pyridine rings is 1. The van der Waals surface area contributed by atoms with Crippen LogP contribution in [0.2, 0.25) is 0 Å². The first-order chi connectivity index (χ1) is 15.0. The summed E-state index contributed by atoms with van der Waals surface area (Å²) in [6.45, 7) is 3.86. The van der Waals surface area contributed by atoms with Crippen molar-refractivity contribution in [3.63, 3.8) is 0 Å². The number of benzene rings is 2. The Morgan fingerprint density at radius 3 is 2.29 bits per heavy atom. The molecular formula is C25H21FN4O. The molecule has 0 radical (unpaired) electrons. The zero-order chi connectivity index (χ0) is 21.8. The highest BCUT2D eigenvalue weighted by atomic mass is 19.1. The normalized spacial score (nSPS) is 11.7. The Morgan fingerprint density at radius 1 is 0.935 bits per heavy atom. The fraction of sp³-hybridized carbons (Fsp3) is 0.120. The van der Waals surface area contributed by atoms with Gasteiger partial charge in [0.05, 0.1) is 17.3 Å². The van der Waals surface area contributed by atoms with Crippen LogP contribution < -0.4 is 5.32 Å². The SMILES string of the molecule is Cc1ccc(-c2ncc(C(=O)N[C@@H](C)c3ccc(F)cc3)c(-c3ccncc3)n2)cc1. The Hall–Kier alpha value is -3.93. The summed E-state index contributed by atoms with van der Waals surface area (Å²) in [6, 6.07) is 17.3. The monoisotopic (exact) mass is 412 g/mol. The van der Waals surface area contributed by atoms with Crippen LogP contribution in [-0.2, 0) is 0 Å². The lowest BCUT2D eigenvalue weighted by Crippen LogP contribution is -2.27. The number of hydrogen-bond acceptors (Lipinski definition) is 4. The molecule has 0 bridgehead atoms. The van der Waals surface area contributed by atoms with E-state index in [2.05, 4.69) is 15.3 Å². The molecule has 0 aliphatic carbocycles. The van der Waals surface area contributed by atoms with Crippen molar-refractivity contribution in [1.29, 1.82) is 0 Å². The van der Waals surface area contributed by atoms with Gasteiger partial charge in [-0.1, -0.05) is 42.0 Å². The molecule has 4 aromatic rings. The summed E-state index contributed by atoms with van der Waals surface area (Å²) >= 11 is 0. The number of halogens is 1. The molecular weight excluding hydrogens is 391 g/mol. The zero-order valence-corrected chi connectivity index (χ0v) is 17.2. The van der Waals surface area contributed by atoms with Gasteiger partial charge in [-0.05, 0) is 43.7 Å². The summed E-state index contributed by atoms with van der Waals surface area (Å²) in [6.07, 6.45) is 4.86. The first-order valence-corrected chi connectivity index (χ1v) is 9.92. The van der Waals surface area contributed by atoms with Crippen LogP contribution >= 0.6 is 0 Å². The highest BCUT2D eigenvalue weighted by Crippen LogP contribution is 2.25. The molecule has 0 fully saturated rings. The molecule has 4 rings (SSSR count). The van der Waals surface area contributed by atoms with E-state index in [4.69, 9.17) is 4.98 Å². The predicted octanol–water partition coefficient (Wildman–Crippen LogP) is 5.14. The third-order valence-electron chi connectivity index (χ3n) is 5.01. The summed E-state index contributed by atoms with van der Waals surface area (Å²) < 4.78 is 13.2. The van der Waals surface area contributed by atoms with Crippen LogP contribution in [0, 0.1) is 12.7 Å². The molecule has 0 aliphatic rings. The number of aromatic nitrogens is 3. The fourth-order valence-corrected chi connectivity index (χ4v) is 3.23. The number of nitrogens with zero attached hydrogens (tertiary/aromatic N) is 3. The molecule has 154 valence electrons. The molecule has 1 amide bonds. The molecule has 2 aromatic heterocycles. The Balaban J connectivity index is 1.69. The van der Waals surface area contributed by atoms with Gasteiger partial charge in [-0.15, -0.1) is 0 Å². The lowest BCUT2D eigenvalue weighted by Gasteiger charge is -2.16. The van der Waals surface area contributed by atoms with Crippen molar-refractivity contribution < 1.29 is 9.18 Å². The van der Waals surface area contributed by atoms with Gasteiger partial charge in [-0.2, -0.15) is 0 Å². The topological polar surface area (TPSA) is 67.8 Å². The van der Waals surface area contributed by atoms with Crippen LogP contribution in [0.15, 0.2) is 79.3 Å². The predicted molar refractivity (Wildman–Crippen MR) is 118 cm³/mol. The van der Waals surface area contributed by atoms with Gasteiger partial charge in [0.15, 0.2) is 5.82 Å². The van der Waals surface area contributed by atoms with E-state index in [0.29, 0.717) is 17.1 Å². The van der Waals surface area contributed by atoms with Crippen LogP contribution in [0.3, 0.4) is 0 Å². The number of aryl methyl sites for hydroxylation is 1.